The molecule has 0 bridgehead atoms. The lowest BCUT2D eigenvalue weighted by molar-refractivity contribution is -0.172. The van der Waals surface area contributed by atoms with Crippen LogP contribution in [0.1, 0.15) is 123 Å². The number of rotatable bonds is 53. The van der Waals surface area contributed by atoms with Crippen LogP contribution in [0.5, 0.6) is 0 Å². The van der Waals surface area contributed by atoms with Gasteiger partial charge in [-0.15, -0.1) is 0 Å². The number of nitrogens with one attached hydrogen (secondary N) is 8. The number of aryl methyl sites for hydroxylation is 1. The van der Waals surface area contributed by atoms with Crippen LogP contribution in [-0.2, 0) is 138 Å². The van der Waals surface area contributed by atoms with E-state index < -0.39 is 133 Å². The highest BCUT2D eigenvalue weighted by Crippen LogP contribution is 2.45. The molecule has 113 heavy (non-hydrogen) atoms. The standard InChI is InChI=1S/C78H104FN11O23/c1-4-78(103)56-41-61-71-54(46-90(61)76(101)55(56)47-112-77(78)102)69(70-53-15-11-14-52(53)57(79)42-59(70)88-71)49(2)85-75(100)72(51-17-18-51)113-48-84-65(94)44-83-74(99)60(40-50-12-7-5-8-13-50)87-66(95)45-82-64(93)43-81-62(91)20-19-58(86-63(92)16-9-6-10-24-89-67(96)21-22-68(89)97)73(98)80-23-25-105-28-29-107-32-33-109-36-37-111-39-38-110-35-34-108-31-30-106-27-26-104-3/h5,7-8,12-13,21-22,41-42,49,51,58,60,72,103H,4,6,9-11,14-20,23-40,43-48H2,1-3H3,(H,80,98)(H,81,91)(H,82,93)(H,83,99)(H,84,94)(H,85,100)(H,86,92)(H,87,95)/t49-,58-,60-,72+,78-/m0/s1. The fourth-order valence-corrected chi connectivity index (χ4v) is 13.5. The Bertz CT molecular complexity index is 4070. The van der Waals surface area contributed by atoms with Crippen molar-refractivity contribution in [1.29, 1.82) is 0 Å². The molecule has 9 rings (SSSR count). The van der Waals surface area contributed by atoms with Gasteiger partial charge in [-0.1, -0.05) is 43.7 Å². The second-order valence-corrected chi connectivity index (χ2v) is 27.7. The number of methoxy groups -OCH3 is 1. The Hall–Kier alpha value is -9.56. The van der Waals surface area contributed by atoms with E-state index in [2.05, 4.69) is 42.5 Å². The molecule has 0 saturated heterocycles. The highest BCUT2D eigenvalue weighted by Gasteiger charge is 2.46. The number of ether oxygens (including phenoxy) is 10. The van der Waals surface area contributed by atoms with E-state index in [1.54, 1.807) is 57.4 Å². The minimum Gasteiger partial charge on any atom is -0.458 e. The van der Waals surface area contributed by atoms with Crippen molar-refractivity contribution in [3.05, 3.63) is 110 Å². The van der Waals surface area contributed by atoms with E-state index in [4.69, 9.17) is 52.4 Å². The zero-order valence-electron chi connectivity index (χ0n) is 64.2. The largest absolute Gasteiger partial charge is 0.458 e. The van der Waals surface area contributed by atoms with Crippen molar-refractivity contribution in [3.63, 3.8) is 0 Å². The second kappa shape index (κ2) is 44.8. The Morgan fingerprint density at radius 2 is 1.21 bits per heavy atom. The number of unbranched alkanes of at least 4 members (excludes halogenated alkanes) is 2. The van der Waals surface area contributed by atoms with Crippen molar-refractivity contribution in [1.82, 2.24) is 57.0 Å². The first kappa shape index (κ1) is 87.4. The van der Waals surface area contributed by atoms with Gasteiger partial charge in [0.05, 0.1) is 154 Å². The number of carbonyl (C=O) groups excluding carboxylic acids is 11. The van der Waals surface area contributed by atoms with Crippen LogP contribution in [0.15, 0.2) is 59.4 Å². The van der Waals surface area contributed by atoms with E-state index in [1.165, 1.54) is 22.8 Å². The summed E-state index contributed by atoms with van der Waals surface area (Å²) in [5.41, 5.74) is 1.81. The van der Waals surface area contributed by atoms with Gasteiger partial charge in [0.15, 0.2) is 5.60 Å². The maximum Gasteiger partial charge on any atom is 0.343 e. The molecule has 4 aromatic rings. The summed E-state index contributed by atoms with van der Waals surface area (Å²) >= 11 is 0. The van der Waals surface area contributed by atoms with Crippen LogP contribution in [-0.4, -0.2) is 248 Å². The van der Waals surface area contributed by atoms with Gasteiger partial charge in [0.1, 0.15) is 37.3 Å². The first-order chi connectivity index (χ1) is 54.7. The SMILES string of the molecule is CC[C@@]1(O)C(=O)OCc2c1cc1n(c2=O)Cc2c-1nc1cc(F)c3c(c1c2[C@H](C)NC(=O)[C@H](OCNC(=O)CNC(=O)[C@H](Cc1ccccc1)NC(=O)CNC(=O)CNC(=O)CC[C@H](NC(=O)CCCCCN1C(=O)C=CC1=O)C(=O)NCCOCCOCCOCCOCCOCCOCCOCCOC)C1CC1)CCC3. The second-order valence-electron chi connectivity index (χ2n) is 27.7. The van der Waals surface area contributed by atoms with Crippen molar-refractivity contribution in [3.8, 4) is 11.4 Å². The summed E-state index contributed by atoms with van der Waals surface area (Å²) in [4.78, 5) is 165. The number of hydrogen-bond acceptors (Lipinski definition) is 24. The maximum absolute atomic E-state index is 15.8. The highest BCUT2D eigenvalue weighted by molar-refractivity contribution is 6.13. The molecule has 0 unspecified atom stereocenters. The molecule has 2 aromatic heterocycles. The zero-order valence-corrected chi connectivity index (χ0v) is 64.2. The maximum atomic E-state index is 15.8. The molecule has 34 nitrogen and oxygen atoms in total. The van der Waals surface area contributed by atoms with E-state index in [9.17, 15) is 62.6 Å². The van der Waals surface area contributed by atoms with Crippen molar-refractivity contribution in [2.24, 2.45) is 5.92 Å². The third-order valence-electron chi connectivity index (χ3n) is 19.6. The lowest BCUT2D eigenvalue weighted by Gasteiger charge is -2.31. The van der Waals surface area contributed by atoms with Gasteiger partial charge in [-0.3, -0.25) is 57.6 Å². The number of aromatic nitrogens is 2. The van der Waals surface area contributed by atoms with E-state index in [0.29, 0.717) is 175 Å². The molecule has 10 amide bonds. The van der Waals surface area contributed by atoms with Crippen molar-refractivity contribution >= 4 is 75.9 Å². The Morgan fingerprint density at radius 1 is 0.628 bits per heavy atom. The average molecular weight is 1580 g/mol. The normalized spacial score (nSPS) is 16.3. The van der Waals surface area contributed by atoms with E-state index in [0.717, 1.165) is 10.5 Å². The molecule has 616 valence electrons. The van der Waals surface area contributed by atoms with Crippen LogP contribution in [0.4, 0.5) is 4.39 Å². The van der Waals surface area contributed by atoms with Gasteiger partial charge >= 0.3 is 5.97 Å². The molecule has 1 fully saturated rings. The number of aliphatic hydroxyl groups is 1. The summed E-state index contributed by atoms with van der Waals surface area (Å²) in [6.45, 7) is 6.79. The number of hydrogen-bond donors (Lipinski definition) is 9. The number of pyridine rings is 2. The number of benzene rings is 2. The molecule has 2 aliphatic carbocycles. The third kappa shape index (κ3) is 25.7. The topological polar surface area (TPSA) is 435 Å². The molecule has 5 atom stereocenters. The number of imide groups is 1. The molecule has 5 aliphatic rings. The van der Waals surface area contributed by atoms with Crippen LogP contribution in [0.2, 0.25) is 0 Å². The van der Waals surface area contributed by atoms with Gasteiger partial charge in [-0.05, 0) is 98.9 Å². The molecule has 9 N–H and O–H groups in total. The van der Waals surface area contributed by atoms with Crippen LogP contribution in [0.3, 0.4) is 0 Å². The van der Waals surface area contributed by atoms with E-state index in [-0.39, 0.29) is 95.2 Å². The molecule has 0 radical (unpaired) electrons. The minimum absolute atomic E-state index is 0.000283. The van der Waals surface area contributed by atoms with E-state index in [1.807, 2.05) is 0 Å². The molecule has 3 aliphatic heterocycles. The number of amides is 10. The van der Waals surface area contributed by atoms with Crippen LogP contribution in [0, 0.1) is 11.7 Å². The predicted octanol–water partition coefficient (Wildman–Crippen LogP) is 0.459. The van der Waals surface area contributed by atoms with Gasteiger partial charge in [-0.25, -0.2) is 14.2 Å². The van der Waals surface area contributed by atoms with Crippen LogP contribution < -0.4 is 48.1 Å². The highest BCUT2D eigenvalue weighted by atomic mass is 19.1. The minimum atomic E-state index is -2.08. The first-order valence-electron chi connectivity index (χ1n) is 38.5. The molecule has 5 heterocycles. The lowest BCUT2D eigenvalue weighted by Crippen LogP contribution is -2.52. The summed E-state index contributed by atoms with van der Waals surface area (Å²) in [5.74, 6) is -7.60. The van der Waals surface area contributed by atoms with Gasteiger partial charge < -0.3 is 99.6 Å². The number of cyclic esters (lactones) is 1. The fraction of sp³-hybridized carbons (Fsp3) is 0.577. The van der Waals surface area contributed by atoms with Crippen molar-refractivity contribution in [2.75, 3.05) is 146 Å². The number of nitrogens with zero attached hydrogens (tertiary/aromatic N) is 3. The summed E-state index contributed by atoms with van der Waals surface area (Å²) < 4.78 is 71.9. The molecule has 1 saturated carbocycles. The first-order valence-corrected chi connectivity index (χ1v) is 38.5. The summed E-state index contributed by atoms with van der Waals surface area (Å²) in [7, 11) is 1.61. The van der Waals surface area contributed by atoms with Gasteiger partial charge in [0.2, 0.25) is 47.3 Å². The monoisotopic (exact) mass is 1580 g/mol. The Kier molecular flexibility index (Phi) is 34.6. The smallest absolute Gasteiger partial charge is 0.343 e. The van der Waals surface area contributed by atoms with Gasteiger partial charge in [-0.2, -0.15) is 0 Å². The lowest BCUT2D eigenvalue weighted by atomic mass is 9.86. The molecule has 0 spiro atoms. The molecule has 2 aromatic carbocycles. The van der Waals surface area contributed by atoms with Crippen LogP contribution in [0.25, 0.3) is 22.3 Å². The quantitative estimate of drug-likeness (QED) is 0.0110. The third-order valence-corrected chi connectivity index (χ3v) is 19.6. The number of esters is 1. The van der Waals surface area contributed by atoms with Gasteiger partial charge in [0.25, 0.3) is 17.4 Å². The average Bonchev–Trinajstić information content (AvgIpc) is 1.54. The van der Waals surface area contributed by atoms with Gasteiger partial charge in [0, 0.05) is 74.2 Å². The Labute approximate surface area is 653 Å². The van der Waals surface area contributed by atoms with E-state index >= 15 is 4.39 Å². The predicted molar refractivity (Wildman–Crippen MR) is 401 cm³/mol. The summed E-state index contributed by atoms with van der Waals surface area (Å²) in [6, 6.07) is 8.41. The molecular formula is C78H104FN11O23. The van der Waals surface area contributed by atoms with Crippen LogP contribution >= 0.6 is 0 Å². The summed E-state index contributed by atoms with van der Waals surface area (Å²) in [6.07, 6.45) is 5.12. The molecule has 35 heteroatoms. The van der Waals surface area contributed by atoms with Crippen molar-refractivity contribution in [2.45, 2.75) is 140 Å². The van der Waals surface area contributed by atoms with Crippen molar-refractivity contribution < 1.29 is 110 Å². The number of fused-ring (bicyclic) bond motifs is 7. The number of halogens is 1. The zero-order chi connectivity index (χ0) is 80.7. The summed E-state index contributed by atoms with van der Waals surface area (Å²) in [5, 5.41) is 33.2. The Balaban J connectivity index is 0.686. The molecular weight excluding hydrogens is 1480 g/mol. The Morgan fingerprint density at radius 3 is 1.85 bits per heavy atom. The number of carbonyl (C=O) groups is 11. The fourth-order valence-electron chi connectivity index (χ4n) is 13.5.